The Labute approximate surface area is 106 Å². The Morgan fingerprint density at radius 2 is 1.76 bits per heavy atom. The number of ether oxygens (including phenoxy) is 1. The van der Waals surface area contributed by atoms with Gasteiger partial charge in [-0.2, -0.15) is 0 Å². The minimum absolute atomic E-state index is 0.102. The second kappa shape index (κ2) is 7.34. The lowest BCUT2D eigenvalue weighted by atomic mass is 9.86. The van der Waals surface area contributed by atoms with Crippen molar-refractivity contribution in [1.29, 1.82) is 0 Å². The fourth-order valence-electron chi connectivity index (χ4n) is 2.14. The molecule has 0 spiro atoms. The van der Waals surface area contributed by atoms with Crippen LogP contribution in [0.3, 0.4) is 0 Å². The maximum Gasteiger partial charge on any atom is 0.150 e. The lowest BCUT2D eigenvalue weighted by molar-refractivity contribution is -0.0394. The molecule has 0 rings (SSSR count). The van der Waals surface area contributed by atoms with Crippen molar-refractivity contribution >= 4 is 9.84 Å². The average molecular weight is 265 g/mol. The second-order valence-electron chi connectivity index (χ2n) is 4.46. The Bertz CT molecular complexity index is 289. The number of hydrogen-bond donors (Lipinski definition) is 1. The molecule has 0 fully saturated rings. The van der Waals surface area contributed by atoms with Gasteiger partial charge >= 0.3 is 0 Å². The van der Waals surface area contributed by atoms with E-state index >= 15 is 0 Å². The zero-order valence-corrected chi connectivity index (χ0v) is 12.3. The fraction of sp³-hybridized carbons (Fsp3) is 1.00. The molecule has 0 aromatic rings. The van der Waals surface area contributed by atoms with Gasteiger partial charge in [0.05, 0.1) is 11.4 Å². The highest BCUT2D eigenvalue weighted by Gasteiger charge is 2.32. The molecule has 17 heavy (non-hydrogen) atoms. The summed E-state index contributed by atoms with van der Waals surface area (Å²) in [6.45, 7) is 5.78. The minimum Gasteiger partial charge on any atom is -0.377 e. The van der Waals surface area contributed by atoms with Crippen LogP contribution in [0.25, 0.3) is 0 Å². The third-order valence-corrected chi connectivity index (χ3v) is 5.48. The predicted octanol–water partition coefficient (Wildman–Crippen LogP) is 1.73. The van der Waals surface area contributed by atoms with E-state index < -0.39 is 9.84 Å². The molecule has 2 N–H and O–H groups in total. The quantitative estimate of drug-likeness (QED) is 0.689. The highest BCUT2D eigenvalue weighted by atomic mass is 32.2. The molecule has 0 bridgehead atoms. The molecule has 0 saturated carbocycles. The van der Waals surface area contributed by atoms with Gasteiger partial charge in [-0.1, -0.05) is 20.8 Å². The first-order valence-corrected chi connectivity index (χ1v) is 8.20. The number of rotatable bonds is 9. The molecule has 0 saturated heterocycles. The summed E-state index contributed by atoms with van der Waals surface area (Å²) in [4.78, 5) is 0. The van der Waals surface area contributed by atoms with Crippen molar-refractivity contribution in [3.63, 3.8) is 0 Å². The second-order valence-corrected chi connectivity index (χ2v) is 6.93. The van der Waals surface area contributed by atoms with Crippen LogP contribution in [-0.4, -0.2) is 38.7 Å². The Morgan fingerprint density at radius 1 is 1.24 bits per heavy atom. The van der Waals surface area contributed by atoms with Crippen molar-refractivity contribution in [1.82, 2.24) is 0 Å². The zero-order chi connectivity index (χ0) is 13.5. The van der Waals surface area contributed by atoms with Crippen LogP contribution in [0.15, 0.2) is 0 Å². The first kappa shape index (κ1) is 16.9. The van der Waals surface area contributed by atoms with E-state index in [0.29, 0.717) is 12.8 Å². The van der Waals surface area contributed by atoms with Crippen molar-refractivity contribution in [2.75, 3.05) is 18.6 Å². The molecule has 104 valence electrons. The van der Waals surface area contributed by atoms with Gasteiger partial charge in [-0.25, -0.2) is 8.42 Å². The Balaban J connectivity index is 4.30. The molecule has 0 aliphatic rings. The van der Waals surface area contributed by atoms with E-state index in [1.54, 1.807) is 14.0 Å². The molecule has 0 aromatic carbocycles. The van der Waals surface area contributed by atoms with Gasteiger partial charge < -0.3 is 10.5 Å². The van der Waals surface area contributed by atoms with Crippen LogP contribution in [0.2, 0.25) is 0 Å². The molecule has 4 nitrogen and oxygen atoms in total. The Kier molecular flexibility index (Phi) is 7.28. The Hall–Kier alpha value is -0.130. The topological polar surface area (TPSA) is 69.4 Å². The van der Waals surface area contributed by atoms with E-state index in [1.165, 1.54) is 0 Å². The van der Waals surface area contributed by atoms with Crippen LogP contribution in [0.5, 0.6) is 0 Å². The van der Waals surface area contributed by atoms with E-state index in [0.717, 1.165) is 12.8 Å². The first-order valence-electron chi connectivity index (χ1n) is 6.38. The van der Waals surface area contributed by atoms with Crippen LogP contribution in [0.4, 0.5) is 0 Å². The normalized spacial score (nSPS) is 14.9. The van der Waals surface area contributed by atoms with E-state index in [1.807, 2.05) is 0 Å². The lowest BCUT2D eigenvalue weighted by Crippen LogP contribution is -2.48. The van der Waals surface area contributed by atoms with Gasteiger partial charge in [-0.3, -0.25) is 0 Å². The third kappa shape index (κ3) is 4.94. The van der Waals surface area contributed by atoms with Crippen LogP contribution in [-0.2, 0) is 14.6 Å². The Morgan fingerprint density at radius 3 is 2.12 bits per heavy atom. The highest BCUT2D eigenvalue weighted by molar-refractivity contribution is 7.91. The van der Waals surface area contributed by atoms with Crippen molar-refractivity contribution in [2.45, 2.75) is 58.1 Å². The van der Waals surface area contributed by atoms with Gasteiger partial charge in [0, 0.05) is 18.9 Å². The fourth-order valence-corrected chi connectivity index (χ4v) is 3.04. The van der Waals surface area contributed by atoms with Crippen LogP contribution in [0, 0.1) is 0 Å². The summed E-state index contributed by atoms with van der Waals surface area (Å²) in [6.07, 6.45) is 3.00. The molecule has 5 heteroatoms. The number of sulfone groups is 1. The lowest BCUT2D eigenvalue weighted by Gasteiger charge is -2.36. The van der Waals surface area contributed by atoms with Gasteiger partial charge in [-0.05, 0) is 25.7 Å². The largest absolute Gasteiger partial charge is 0.377 e. The van der Waals surface area contributed by atoms with Crippen molar-refractivity contribution in [3.8, 4) is 0 Å². The highest BCUT2D eigenvalue weighted by Crippen LogP contribution is 2.25. The smallest absolute Gasteiger partial charge is 0.150 e. The van der Waals surface area contributed by atoms with E-state index in [2.05, 4.69) is 13.8 Å². The van der Waals surface area contributed by atoms with E-state index in [4.69, 9.17) is 10.5 Å². The maximum absolute atomic E-state index is 11.4. The summed E-state index contributed by atoms with van der Waals surface area (Å²) in [5.74, 6) is 0.434. The van der Waals surface area contributed by atoms with Gasteiger partial charge in [0.2, 0.25) is 0 Å². The molecular weight excluding hydrogens is 238 g/mol. The summed E-state index contributed by atoms with van der Waals surface area (Å²) in [5.41, 5.74) is 5.83. The van der Waals surface area contributed by atoms with Gasteiger partial charge in [0.25, 0.3) is 0 Å². The zero-order valence-electron chi connectivity index (χ0n) is 11.5. The standard InChI is InChI=1S/C12H27NO3S/c1-5-12(6-2,16-4)11(13)9-8-10-17(14,15)7-3/h11H,5-10,13H2,1-4H3. The number of methoxy groups -OCH3 is 1. The molecule has 0 aliphatic heterocycles. The van der Waals surface area contributed by atoms with Crippen molar-refractivity contribution in [2.24, 2.45) is 5.73 Å². The molecule has 0 heterocycles. The van der Waals surface area contributed by atoms with Crippen LogP contribution >= 0.6 is 0 Å². The molecule has 1 unspecified atom stereocenters. The number of nitrogens with two attached hydrogens (primary N) is 1. The summed E-state index contributed by atoms with van der Waals surface area (Å²) >= 11 is 0. The first-order chi connectivity index (χ1) is 7.87. The van der Waals surface area contributed by atoms with Gasteiger partial charge in [-0.15, -0.1) is 0 Å². The number of hydrogen-bond acceptors (Lipinski definition) is 4. The summed E-state index contributed by atoms with van der Waals surface area (Å²) in [7, 11) is -1.20. The summed E-state index contributed by atoms with van der Waals surface area (Å²) < 4.78 is 28.3. The summed E-state index contributed by atoms with van der Waals surface area (Å²) in [6, 6.07) is -0.102. The average Bonchev–Trinajstić information content (AvgIpc) is 2.32. The van der Waals surface area contributed by atoms with E-state index in [-0.39, 0.29) is 23.1 Å². The minimum atomic E-state index is -2.88. The molecule has 0 aliphatic carbocycles. The van der Waals surface area contributed by atoms with Gasteiger partial charge in [0.15, 0.2) is 0 Å². The molecule has 1 atom stereocenters. The van der Waals surface area contributed by atoms with Crippen molar-refractivity contribution in [3.05, 3.63) is 0 Å². The predicted molar refractivity (Wildman–Crippen MR) is 71.9 cm³/mol. The van der Waals surface area contributed by atoms with Crippen molar-refractivity contribution < 1.29 is 13.2 Å². The van der Waals surface area contributed by atoms with E-state index in [9.17, 15) is 8.42 Å². The monoisotopic (exact) mass is 265 g/mol. The van der Waals surface area contributed by atoms with Gasteiger partial charge in [0.1, 0.15) is 9.84 Å². The molecule has 0 aromatic heterocycles. The molecule has 0 amide bonds. The summed E-state index contributed by atoms with van der Waals surface area (Å²) in [5, 5.41) is 0. The third-order valence-electron chi connectivity index (χ3n) is 3.69. The SMILES string of the molecule is CCC(CC)(OC)C(N)CCCS(=O)(=O)CC. The van der Waals surface area contributed by atoms with Crippen LogP contribution in [0.1, 0.15) is 46.5 Å². The molecule has 0 radical (unpaired) electrons. The van der Waals surface area contributed by atoms with Crippen LogP contribution < -0.4 is 5.73 Å². The maximum atomic E-state index is 11.4. The molecular formula is C12H27NO3S.